The van der Waals surface area contributed by atoms with Crippen LogP contribution in [0.15, 0.2) is 121 Å². The Hall–Kier alpha value is -6.92. The molecule has 0 spiro atoms. The zero-order valence-electron chi connectivity index (χ0n) is 33.9. The molecule has 8 bridgehead atoms. The summed E-state index contributed by atoms with van der Waals surface area (Å²) in [5.41, 5.74) is 31.8. The fourth-order valence-corrected chi connectivity index (χ4v) is 7.99. The number of rotatable bonds is 4. The van der Waals surface area contributed by atoms with Crippen LogP contribution in [0, 0.1) is 0 Å². The van der Waals surface area contributed by atoms with Crippen LogP contribution in [0.3, 0.4) is 0 Å². The quantitative estimate of drug-likeness (QED) is 0.134. The highest BCUT2D eigenvalue weighted by Crippen LogP contribution is 2.39. The summed E-state index contributed by atoms with van der Waals surface area (Å²) in [5.74, 6) is 0. The molecule has 0 fully saturated rings. The van der Waals surface area contributed by atoms with Crippen LogP contribution in [0.1, 0.15) is 75.4 Å². The number of nitrogen functional groups attached to an aromatic ring is 2. The average molecular weight is 757 g/mol. The van der Waals surface area contributed by atoms with E-state index in [0.29, 0.717) is 11.4 Å². The molecule has 2 aliphatic rings. The summed E-state index contributed by atoms with van der Waals surface area (Å²) in [5, 5.41) is 0. The van der Waals surface area contributed by atoms with E-state index in [4.69, 9.17) is 21.4 Å². The van der Waals surface area contributed by atoms with E-state index in [1.54, 1.807) is 0 Å². The highest BCUT2D eigenvalue weighted by molar-refractivity contribution is 6.00. The van der Waals surface area contributed by atoms with Gasteiger partial charge < -0.3 is 21.4 Å². The maximum absolute atomic E-state index is 6.20. The molecule has 6 heteroatoms. The van der Waals surface area contributed by atoms with E-state index in [1.807, 2.05) is 24.3 Å². The number of anilines is 2. The zero-order valence-corrected chi connectivity index (χ0v) is 33.9. The van der Waals surface area contributed by atoms with Gasteiger partial charge in [-0.3, -0.25) is 0 Å². The predicted octanol–water partition coefficient (Wildman–Crippen LogP) is 13.1. The van der Waals surface area contributed by atoms with Crippen LogP contribution in [0.5, 0.6) is 0 Å². The molecule has 0 atom stereocenters. The van der Waals surface area contributed by atoms with Gasteiger partial charge in [-0.2, -0.15) is 0 Å². The monoisotopic (exact) mass is 756 g/mol. The first-order valence-electron chi connectivity index (χ1n) is 19.9. The lowest BCUT2D eigenvalue weighted by Crippen LogP contribution is -2.10. The predicted molar refractivity (Wildman–Crippen MR) is 247 cm³/mol. The topological polar surface area (TPSA) is 109 Å². The highest BCUT2D eigenvalue weighted by atomic mass is 14.8. The molecule has 5 heterocycles. The number of nitrogens with one attached hydrogen (secondary N) is 2. The summed E-state index contributed by atoms with van der Waals surface area (Å²) in [6.07, 6.45) is 8.51. The maximum atomic E-state index is 6.20. The largest absolute Gasteiger partial charge is 0.399 e. The Kier molecular flexibility index (Phi) is 8.81. The number of nitrogens with zero attached hydrogens (tertiary/aromatic N) is 2. The second-order valence-corrected chi connectivity index (χ2v) is 17.4. The Balaban J connectivity index is 1.43. The Morgan fingerprint density at radius 1 is 0.345 bits per heavy atom. The molecule has 0 radical (unpaired) electrons. The van der Waals surface area contributed by atoms with Crippen LogP contribution in [0.25, 0.3) is 90.9 Å². The first kappa shape index (κ1) is 36.7. The standard InChI is InChI=1S/C52H48N6/c1-51(2,3)35-15-7-31(8-16-35)47-39-23-24-40(55-39)48(32-9-17-36(18-10-32)52(4,5)6)42-26-28-44(57-42)50(34-13-21-38(54)22-14-34)46-30-29-45(58-46)49(43-27-25-41(47)56-43)33-11-19-37(53)20-12-33/h7-30,56-57H,53-54H2,1-6H3. The van der Waals surface area contributed by atoms with Crippen molar-refractivity contribution in [1.29, 1.82) is 0 Å². The minimum Gasteiger partial charge on any atom is -0.399 e. The molecule has 4 aromatic carbocycles. The molecule has 58 heavy (non-hydrogen) atoms. The lowest BCUT2D eigenvalue weighted by molar-refractivity contribution is 0.590. The van der Waals surface area contributed by atoms with Crippen LogP contribution in [0.2, 0.25) is 0 Å². The van der Waals surface area contributed by atoms with Gasteiger partial charge in [0.05, 0.1) is 22.8 Å². The Morgan fingerprint density at radius 2 is 0.586 bits per heavy atom. The number of fused-ring (bicyclic) bond motifs is 8. The van der Waals surface area contributed by atoms with Gasteiger partial charge in [-0.1, -0.05) is 114 Å². The van der Waals surface area contributed by atoms with Crippen molar-refractivity contribution in [3.8, 4) is 44.5 Å². The number of aromatic nitrogens is 4. The number of H-pyrrole nitrogens is 2. The molecule has 6 N–H and O–H groups in total. The van der Waals surface area contributed by atoms with Crippen molar-refractivity contribution in [3.05, 3.63) is 155 Å². The van der Waals surface area contributed by atoms with E-state index in [2.05, 4.69) is 173 Å². The van der Waals surface area contributed by atoms with E-state index in [0.717, 1.165) is 89.4 Å². The molecule has 7 aromatic rings. The normalized spacial score (nSPS) is 12.7. The summed E-state index contributed by atoms with van der Waals surface area (Å²) < 4.78 is 0. The molecular formula is C52H48N6. The third-order valence-corrected chi connectivity index (χ3v) is 11.2. The van der Waals surface area contributed by atoms with Crippen LogP contribution in [-0.2, 0) is 10.8 Å². The molecule has 286 valence electrons. The van der Waals surface area contributed by atoms with Crippen LogP contribution < -0.4 is 11.5 Å². The van der Waals surface area contributed by atoms with E-state index in [1.165, 1.54) is 11.1 Å². The van der Waals surface area contributed by atoms with Gasteiger partial charge in [0, 0.05) is 55.7 Å². The Morgan fingerprint density at radius 3 is 0.828 bits per heavy atom. The van der Waals surface area contributed by atoms with Gasteiger partial charge in [0.15, 0.2) is 0 Å². The second kappa shape index (κ2) is 13.9. The summed E-state index contributed by atoms with van der Waals surface area (Å²) in [7, 11) is 0. The van der Waals surface area contributed by atoms with E-state index < -0.39 is 0 Å². The van der Waals surface area contributed by atoms with Crippen molar-refractivity contribution >= 4 is 57.7 Å². The molecule has 0 aliphatic carbocycles. The summed E-state index contributed by atoms with van der Waals surface area (Å²) in [6, 6.07) is 42.5. The van der Waals surface area contributed by atoms with Gasteiger partial charge in [0.2, 0.25) is 0 Å². The van der Waals surface area contributed by atoms with Crippen molar-refractivity contribution < 1.29 is 0 Å². The molecule has 0 unspecified atom stereocenters. The molecule has 0 saturated heterocycles. The highest BCUT2D eigenvalue weighted by Gasteiger charge is 2.21. The fraction of sp³-hybridized carbons (Fsp3) is 0.154. The van der Waals surface area contributed by atoms with Gasteiger partial charge in [-0.25, -0.2) is 9.97 Å². The van der Waals surface area contributed by atoms with E-state index >= 15 is 0 Å². The first-order chi connectivity index (χ1) is 27.8. The summed E-state index contributed by atoms with van der Waals surface area (Å²) in [4.78, 5) is 18.6. The Labute approximate surface area is 340 Å². The molecule has 9 rings (SSSR count). The lowest BCUT2D eigenvalue weighted by Gasteiger charge is -2.19. The zero-order chi connectivity index (χ0) is 40.3. The second-order valence-electron chi connectivity index (χ2n) is 17.4. The van der Waals surface area contributed by atoms with Gasteiger partial charge in [-0.15, -0.1) is 0 Å². The van der Waals surface area contributed by atoms with Crippen molar-refractivity contribution in [2.45, 2.75) is 52.4 Å². The lowest BCUT2D eigenvalue weighted by atomic mass is 9.86. The third-order valence-electron chi connectivity index (χ3n) is 11.2. The van der Waals surface area contributed by atoms with Crippen molar-refractivity contribution in [1.82, 2.24) is 19.9 Å². The minimum atomic E-state index is 0.0236. The van der Waals surface area contributed by atoms with Crippen molar-refractivity contribution in [2.24, 2.45) is 0 Å². The smallest absolute Gasteiger partial charge is 0.0737 e. The minimum absolute atomic E-state index is 0.0236. The number of hydrogen-bond donors (Lipinski definition) is 4. The van der Waals surface area contributed by atoms with E-state index in [-0.39, 0.29) is 10.8 Å². The fourth-order valence-electron chi connectivity index (χ4n) is 7.99. The Bertz CT molecular complexity index is 2730. The van der Waals surface area contributed by atoms with Crippen LogP contribution >= 0.6 is 0 Å². The average Bonchev–Trinajstić information content (AvgIpc) is 4.04. The maximum Gasteiger partial charge on any atom is 0.0737 e. The molecule has 3 aromatic heterocycles. The third kappa shape index (κ3) is 6.81. The van der Waals surface area contributed by atoms with Gasteiger partial charge in [-0.05, 0) is 117 Å². The molecular weight excluding hydrogens is 709 g/mol. The van der Waals surface area contributed by atoms with Gasteiger partial charge >= 0.3 is 0 Å². The van der Waals surface area contributed by atoms with Crippen molar-refractivity contribution in [2.75, 3.05) is 11.5 Å². The number of aromatic amines is 2. The van der Waals surface area contributed by atoms with Crippen LogP contribution in [-0.4, -0.2) is 19.9 Å². The molecule has 6 nitrogen and oxygen atoms in total. The molecule has 2 aliphatic heterocycles. The number of benzene rings is 4. The van der Waals surface area contributed by atoms with Crippen LogP contribution in [0.4, 0.5) is 11.4 Å². The van der Waals surface area contributed by atoms with Gasteiger partial charge in [0.1, 0.15) is 0 Å². The number of hydrogen-bond acceptors (Lipinski definition) is 4. The first-order valence-corrected chi connectivity index (χ1v) is 19.9. The molecule has 0 saturated carbocycles. The summed E-state index contributed by atoms with van der Waals surface area (Å²) in [6.45, 7) is 13.5. The van der Waals surface area contributed by atoms with Gasteiger partial charge in [0.25, 0.3) is 0 Å². The SMILES string of the molecule is CC(C)(C)c1ccc(-c2c3nc(c(-c4ccc(C(C)(C)C)cc4)c4ccc([nH]4)c(-c4ccc(N)cc4)c4nc(c(-c5ccc(N)cc5)c5ccc2[nH]5)C=C4)C=C3)cc1. The molecule has 0 amide bonds. The summed E-state index contributed by atoms with van der Waals surface area (Å²) >= 11 is 0. The van der Waals surface area contributed by atoms with Crippen molar-refractivity contribution in [3.63, 3.8) is 0 Å². The van der Waals surface area contributed by atoms with E-state index in [9.17, 15) is 0 Å². The number of nitrogens with two attached hydrogens (primary N) is 2.